The molecular weight excluding hydrogens is 316 g/mol. The molecule has 25 heavy (non-hydrogen) atoms. The highest BCUT2D eigenvalue weighted by molar-refractivity contribution is 5.86. The lowest BCUT2D eigenvalue weighted by Gasteiger charge is -2.54. The van der Waals surface area contributed by atoms with Crippen molar-refractivity contribution >= 4 is 5.78 Å². The van der Waals surface area contributed by atoms with Gasteiger partial charge >= 0.3 is 0 Å². The predicted octanol–water partition coefficient (Wildman–Crippen LogP) is 3.46. The number of ketones is 1. The lowest BCUT2D eigenvalue weighted by molar-refractivity contribution is -0.142. The molecule has 3 rings (SSSR count). The van der Waals surface area contributed by atoms with Crippen molar-refractivity contribution in [1.82, 2.24) is 0 Å². The molecular formula is C21H30O4. The van der Waals surface area contributed by atoms with Crippen molar-refractivity contribution < 1.29 is 19.7 Å². The van der Waals surface area contributed by atoms with E-state index in [0.29, 0.717) is 12.2 Å². The molecule has 0 spiro atoms. The van der Waals surface area contributed by atoms with Crippen molar-refractivity contribution in [1.29, 1.82) is 0 Å². The number of fused-ring (bicyclic) bond motifs is 3. The second kappa shape index (κ2) is 5.82. The number of aromatic hydroxyl groups is 1. The first-order chi connectivity index (χ1) is 11.6. The number of rotatable bonds is 3. The van der Waals surface area contributed by atoms with Gasteiger partial charge in [0.2, 0.25) is 0 Å². The quantitative estimate of drug-likeness (QED) is 0.880. The smallest absolute Gasteiger partial charge is 0.141 e. The Morgan fingerprint density at radius 1 is 1.28 bits per heavy atom. The first-order valence-electron chi connectivity index (χ1n) is 9.17. The molecule has 2 N–H and O–H groups in total. The summed E-state index contributed by atoms with van der Waals surface area (Å²) in [6.07, 6.45) is 2.77. The number of ether oxygens (including phenoxy) is 1. The van der Waals surface area contributed by atoms with Gasteiger partial charge in [0.25, 0.3) is 0 Å². The minimum atomic E-state index is -0.690. The summed E-state index contributed by atoms with van der Waals surface area (Å²) in [6, 6.07) is 4.06. The van der Waals surface area contributed by atoms with Gasteiger partial charge in [0.05, 0.1) is 17.6 Å². The minimum Gasteiger partial charge on any atom is -0.507 e. The molecule has 1 aromatic carbocycles. The van der Waals surface area contributed by atoms with Crippen LogP contribution in [0.15, 0.2) is 12.1 Å². The number of phenols is 1. The Hall–Kier alpha value is -1.39. The van der Waals surface area contributed by atoms with E-state index in [1.165, 1.54) is 0 Å². The van der Waals surface area contributed by atoms with Crippen molar-refractivity contribution in [2.75, 3.05) is 13.7 Å². The van der Waals surface area contributed by atoms with Crippen molar-refractivity contribution in [2.45, 2.75) is 64.4 Å². The van der Waals surface area contributed by atoms with E-state index in [-0.39, 0.29) is 23.7 Å². The van der Waals surface area contributed by atoms with Crippen molar-refractivity contribution in [3.8, 4) is 5.75 Å². The molecule has 0 aliphatic heterocycles. The monoisotopic (exact) mass is 346 g/mol. The number of aliphatic hydroxyl groups is 1. The van der Waals surface area contributed by atoms with Gasteiger partial charge in [-0.2, -0.15) is 0 Å². The van der Waals surface area contributed by atoms with E-state index < -0.39 is 11.0 Å². The molecule has 2 aliphatic carbocycles. The minimum absolute atomic E-state index is 0.0967. The molecule has 1 aromatic rings. The summed E-state index contributed by atoms with van der Waals surface area (Å²) >= 11 is 0. The fourth-order valence-electron chi connectivity index (χ4n) is 5.20. The summed E-state index contributed by atoms with van der Waals surface area (Å²) in [5.74, 6) is 0.591. The molecule has 4 nitrogen and oxygen atoms in total. The van der Waals surface area contributed by atoms with E-state index in [9.17, 15) is 15.0 Å². The number of carbonyl (C=O) groups excluding carboxylic acids is 1. The van der Waals surface area contributed by atoms with E-state index in [1.54, 1.807) is 7.11 Å². The summed E-state index contributed by atoms with van der Waals surface area (Å²) in [5, 5.41) is 20.9. The second-order valence-corrected chi connectivity index (χ2v) is 8.71. The molecule has 4 heteroatoms. The zero-order valence-corrected chi connectivity index (χ0v) is 16.0. The molecule has 1 fully saturated rings. The predicted molar refractivity (Wildman–Crippen MR) is 96.7 cm³/mol. The summed E-state index contributed by atoms with van der Waals surface area (Å²) in [6.45, 7) is 7.89. The lowest BCUT2D eigenvalue weighted by Crippen LogP contribution is -2.55. The molecule has 2 aliphatic rings. The average molecular weight is 346 g/mol. The number of Topliss-reactive ketones (excluding diaryl/α,β-unsaturated/α-hetero) is 1. The van der Waals surface area contributed by atoms with E-state index in [0.717, 1.165) is 36.0 Å². The number of phenolic OH excluding ortho intramolecular Hbond substituents is 1. The molecule has 0 heterocycles. The lowest BCUT2D eigenvalue weighted by atomic mass is 9.49. The number of hydrogen-bond acceptors (Lipinski definition) is 4. The Balaban J connectivity index is 2.14. The molecule has 1 saturated carbocycles. The fourth-order valence-corrected chi connectivity index (χ4v) is 5.20. The maximum atomic E-state index is 12.5. The topological polar surface area (TPSA) is 66.8 Å². The van der Waals surface area contributed by atoms with E-state index in [1.807, 2.05) is 26.8 Å². The fraction of sp³-hybridized carbons (Fsp3) is 0.667. The molecule has 138 valence electrons. The summed E-state index contributed by atoms with van der Waals surface area (Å²) in [7, 11) is 1.65. The summed E-state index contributed by atoms with van der Waals surface area (Å²) < 4.78 is 5.55. The largest absolute Gasteiger partial charge is 0.507 e. The molecule has 0 aromatic heterocycles. The Kier molecular flexibility index (Phi) is 4.28. The van der Waals surface area contributed by atoms with Crippen LogP contribution < -0.4 is 0 Å². The summed E-state index contributed by atoms with van der Waals surface area (Å²) in [4.78, 5) is 12.5. The van der Waals surface area contributed by atoms with Gasteiger partial charge < -0.3 is 14.9 Å². The van der Waals surface area contributed by atoms with Gasteiger partial charge in [-0.25, -0.2) is 0 Å². The van der Waals surface area contributed by atoms with E-state index in [4.69, 9.17) is 4.74 Å². The van der Waals surface area contributed by atoms with Crippen LogP contribution in [0.3, 0.4) is 0 Å². The number of benzene rings is 1. The van der Waals surface area contributed by atoms with Crippen LogP contribution in [0.25, 0.3) is 0 Å². The highest BCUT2D eigenvalue weighted by atomic mass is 16.5. The van der Waals surface area contributed by atoms with Crippen LogP contribution in [-0.4, -0.2) is 29.7 Å². The van der Waals surface area contributed by atoms with Crippen molar-refractivity contribution in [2.24, 2.45) is 11.3 Å². The van der Waals surface area contributed by atoms with Crippen LogP contribution in [0.2, 0.25) is 0 Å². The van der Waals surface area contributed by atoms with Gasteiger partial charge in [0.15, 0.2) is 0 Å². The van der Waals surface area contributed by atoms with Crippen LogP contribution >= 0.6 is 0 Å². The van der Waals surface area contributed by atoms with Gasteiger partial charge in [0, 0.05) is 19.1 Å². The van der Waals surface area contributed by atoms with E-state index in [2.05, 4.69) is 13.0 Å². The third-order valence-electron chi connectivity index (χ3n) is 7.12. The number of aliphatic hydroxyl groups excluding tert-OH is 1. The molecule has 3 unspecified atom stereocenters. The van der Waals surface area contributed by atoms with Crippen molar-refractivity contribution in [3.63, 3.8) is 0 Å². The highest BCUT2D eigenvalue weighted by Crippen LogP contribution is 2.57. The Morgan fingerprint density at radius 2 is 1.96 bits per heavy atom. The standard InChI is InChI=1S/C21H30O4/c1-19(2,25-5)15-8-7-14-13(18(15)24)6-9-16-20(14,3)11-10-17(23)21(16,4)12-22/h7-8,16,22,24H,6,9-12H2,1-5H3. The van der Waals surface area contributed by atoms with Crippen LogP contribution in [-0.2, 0) is 27.0 Å². The SMILES string of the molecule is COC(C)(C)c1ccc2c(c1O)CCC1C(C)(CO)C(=O)CCC21C. The maximum absolute atomic E-state index is 12.5. The van der Waals surface area contributed by atoms with Gasteiger partial charge in [-0.05, 0) is 55.6 Å². The molecule has 0 bridgehead atoms. The van der Waals surface area contributed by atoms with Crippen molar-refractivity contribution in [3.05, 3.63) is 28.8 Å². The maximum Gasteiger partial charge on any atom is 0.141 e. The first kappa shape index (κ1) is 18.4. The van der Waals surface area contributed by atoms with Gasteiger partial charge in [0.1, 0.15) is 11.5 Å². The zero-order chi connectivity index (χ0) is 18.6. The Morgan fingerprint density at radius 3 is 2.56 bits per heavy atom. The Bertz CT molecular complexity index is 708. The molecule has 0 saturated heterocycles. The van der Waals surface area contributed by atoms with E-state index >= 15 is 0 Å². The molecule has 3 atom stereocenters. The molecule has 0 amide bonds. The number of carbonyl (C=O) groups is 1. The number of hydrogen-bond donors (Lipinski definition) is 2. The van der Waals surface area contributed by atoms with Gasteiger partial charge in [-0.15, -0.1) is 0 Å². The third kappa shape index (κ3) is 2.45. The van der Waals surface area contributed by atoms with Gasteiger partial charge in [-0.1, -0.05) is 26.0 Å². The molecule has 0 radical (unpaired) electrons. The van der Waals surface area contributed by atoms with Crippen LogP contribution in [0, 0.1) is 11.3 Å². The normalized spacial score (nSPS) is 32.2. The van der Waals surface area contributed by atoms with Crippen LogP contribution in [0.1, 0.15) is 63.6 Å². The highest BCUT2D eigenvalue weighted by Gasteiger charge is 2.55. The van der Waals surface area contributed by atoms with Gasteiger partial charge in [-0.3, -0.25) is 4.79 Å². The first-order valence-corrected chi connectivity index (χ1v) is 9.17. The Labute approximate surface area is 150 Å². The summed E-state index contributed by atoms with van der Waals surface area (Å²) in [5.41, 5.74) is 1.46. The second-order valence-electron chi connectivity index (χ2n) is 8.71. The average Bonchev–Trinajstić information content (AvgIpc) is 2.59. The third-order valence-corrected chi connectivity index (χ3v) is 7.12. The van der Waals surface area contributed by atoms with Crippen LogP contribution in [0.4, 0.5) is 0 Å². The van der Waals surface area contributed by atoms with Crippen LogP contribution in [0.5, 0.6) is 5.75 Å². The number of methoxy groups -OCH3 is 1. The zero-order valence-electron chi connectivity index (χ0n) is 16.0.